The summed E-state index contributed by atoms with van der Waals surface area (Å²) in [5, 5.41) is 22.5. The quantitative estimate of drug-likeness (QED) is 0.513. The number of fused-ring (bicyclic) bond motifs is 1. The van der Waals surface area contributed by atoms with Crippen LogP contribution in [0.1, 0.15) is 33.7 Å². The molecule has 0 aliphatic carbocycles. The van der Waals surface area contributed by atoms with Gasteiger partial charge >= 0.3 is 5.97 Å². The maximum Gasteiger partial charge on any atom is 0.338 e. The van der Waals surface area contributed by atoms with E-state index in [0.29, 0.717) is 5.56 Å². The van der Waals surface area contributed by atoms with E-state index in [-0.39, 0.29) is 22.6 Å². The van der Waals surface area contributed by atoms with Crippen molar-refractivity contribution in [1.82, 2.24) is 4.98 Å². The monoisotopic (exact) mass is 398 g/mol. The Hall–Kier alpha value is -4.08. The topological polar surface area (TPSA) is 142 Å². The Bertz CT molecular complexity index is 1100. The van der Waals surface area contributed by atoms with Crippen LogP contribution in [0.25, 0.3) is 0 Å². The Labute approximate surface area is 163 Å². The molecule has 1 aliphatic heterocycles. The highest BCUT2D eigenvalue weighted by Gasteiger charge is 2.42. The molecule has 0 bridgehead atoms. The van der Waals surface area contributed by atoms with Crippen molar-refractivity contribution >= 4 is 23.4 Å². The molecule has 1 aliphatic rings. The van der Waals surface area contributed by atoms with Crippen LogP contribution in [0.2, 0.25) is 0 Å². The van der Waals surface area contributed by atoms with Crippen molar-refractivity contribution in [2.24, 2.45) is 5.73 Å². The maximum atomic E-state index is 13.6. The zero-order chi connectivity index (χ0) is 20.7. The van der Waals surface area contributed by atoms with Crippen molar-refractivity contribution in [2.45, 2.75) is 12.2 Å². The first-order valence-corrected chi connectivity index (χ1v) is 8.45. The molecule has 4 rings (SSSR count). The maximum absolute atomic E-state index is 13.6. The molecule has 5 N–H and O–H groups in total. The minimum Gasteiger partial charge on any atom is -0.505 e. The van der Waals surface area contributed by atoms with Gasteiger partial charge < -0.3 is 30.6 Å². The van der Waals surface area contributed by atoms with Gasteiger partial charge in [-0.25, -0.2) is 14.2 Å². The number of hydrogen-bond donors (Lipinski definition) is 4. The molecular formula is C19H15FN4O5. The molecule has 148 valence electrons. The molecule has 0 radical (unpaired) electrons. The first-order valence-electron chi connectivity index (χ1n) is 8.45. The van der Waals surface area contributed by atoms with Gasteiger partial charge in [0.05, 0.1) is 23.8 Å². The average molecular weight is 398 g/mol. The third-order valence-corrected chi connectivity index (χ3v) is 4.66. The summed E-state index contributed by atoms with van der Waals surface area (Å²) >= 11 is 0. The number of carboxylic acids is 1. The molecule has 0 saturated heterocycles. The second-order valence-electron chi connectivity index (χ2n) is 6.39. The molecule has 0 saturated carbocycles. The number of benzene rings is 1. The summed E-state index contributed by atoms with van der Waals surface area (Å²) in [6, 6.07) is 5.07. The number of carbonyl (C=O) groups excluding carboxylic acids is 1. The lowest BCUT2D eigenvalue weighted by atomic mass is 10.0. The molecule has 2 aromatic heterocycles. The smallest absolute Gasteiger partial charge is 0.338 e. The first-order chi connectivity index (χ1) is 13.9. The predicted molar refractivity (Wildman–Crippen MR) is 98.7 cm³/mol. The summed E-state index contributed by atoms with van der Waals surface area (Å²) in [4.78, 5) is 29.9. The summed E-state index contributed by atoms with van der Waals surface area (Å²) in [6.45, 7) is 0. The number of aromatic nitrogens is 1. The normalized spacial score (nSPS) is 16.2. The highest BCUT2D eigenvalue weighted by molar-refractivity contribution is 6.01. The summed E-state index contributed by atoms with van der Waals surface area (Å²) < 4.78 is 18.7. The van der Waals surface area contributed by atoms with Crippen molar-refractivity contribution in [3.63, 3.8) is 0 Å². The van der Waals surface area contributed by atoms with Gasteiger partial charge in [-0.3, -0.25) is 4.79 Å². The second-order valence-corrected chi connectivity index (χ2v) is 6.39. The summed E-state index contributed by atoms with van der Waals surface area (Å²) in [5.74, 6) is -3.36. The molecule has 29 heavy (non-hydrogen) atoms. The lowest BCUT2D eigenvalue weighted by molar-refractivity contribution is -0.119. The van der Waals surface area contributed by atoms with Crippen molar-refractivity contribution in [2.75, 3.05) is 10.2 Å². The number of carbonyl (C=O) groups is 2. The molecule has 1 aromatic carbocycles. The van der Waals surface area contributed by atoms with Crippen molar-refractivity contribution in [3.8, 4) is 5.75 Å². The zero-order valence-corrected chi connectivity index (χ0v) is 14.7. The predicted octanol–water partition coefficient (Wildman–Crippen LogP) is 2.37. The zero-order valence-electron chi connectivity index (χ0n) is 14.7. The molecule has 3 heterocycles. The SMILES string of the molecule is NC(=O)C(c1ccc(F)c(O)c1)N1c2c(C(=O)O)ccnc2NC1c1ccoc1. The van der Waals surface area contributed by atoms with Gasteiger partial charge in [0.15, 0.2) is 17.4 Å². The highest BCUT2D eigenvalue weighted by Crippen LogP contribution is 2.47. The van der Waals surface area contributed by atoms with Crippen LogP contribution in [-0.4, -0.2) is 27.1 Å². The van der Waals surface area contributed by atoms with E-state index in [4.69, 9.17) is 10.2 Å². The molecular weight excluding hydrogens is 383 g/mol. The number of furan rings is 1. The Kier molecular flexibility index (Phi) is 4.30. The van der Waals surface area contributed by atoms with E-state index < -0.39 is 35.7 Å². The lowest BCUT2D eigenvalue weighted by Gasteiger charge is -2.33. The number of phenolic OH excluding ortho intramolecular Hbond substituents is 1. The number of anilines is 2. The van der Waals surface area contributed by atoms with E-state index in [1.54, 1.807) is 6.07 Å². The van der Waals surface area contributed by atoms with Crippen LogP contribution in [0, 0.1) is 5.82 Å². The number of nitrogens with one attached hydrogen (secondary N) is 1. The standard InChI is InChI=1S/C19H15FN4O5/c20-12-2-1-9(7-13(12)25)14(16(21)26)24-15-11(19(27)28)3-5-22-17(15)23-18(24)10-4-6-29-8-10/h1-8,14,18,25H,(H2,21,26)(H,22,23)(H,27,28). The van der Waals surface area contributed by atoms with Gasteiger partial charge in [-0.2, -0.15) is 0 Å². The van der Waals surface area contributed by atoms with Crippen LogP contribution in [-0.2, 0) is 4.79 Å². The van der Waals surface area contributed by atoms with E-state index in [2.05, 4.69) is 10.3 Å². The van der Waals surface area contributed by atoms with Gasteiger partial charge in [0.25, 0.3) is 0 Å². The number of nitrogens with two attached hydrogens (primary N) is 1. The van der Waals surface area contributed by atoms with E-state index in [9.17, 15) is 24.2 Å². The average Bonchev–Trinajstić information content (AvgIpc) is 3.32. The number of rotatable bonds is 5. The molecule has 10 heteroatoms. The number of halogens is 1. The van der Waals surface area contributed by atoms with Crippen LogP contribution in [0.4, 0.5) is 15.9 Å². The first kappa shape index (κ1) is 18.3. The van der Waals surface area contributed by atoms with E-state index in [0.717, 1.165) is 12.1 Å². The molecule has 9 nitrogen and oxygen atoms in total. The third kappa shape index (κ3) is 3.00. The largest absolute Gasteiger partial charge is 0.505 e. The van der Waals surface area contributed by atoms with Crippen molar-refractivity contribution in [3.05, 3.63) is 71.6 Å². The van der Waals surface area contributed by atoms with E-state index in [1.165, 1.54) is 35.8 Å². The number of hydrogen-bond acceptors (Lipinski definition) is 7. The van der Waals surface area contributed by atoms with Crippen LogP contribution in [0.5, 0.6) is 5.75 Å². The van der Waals surface area contributed by atoms with Crippen LogP contribution in [0.15, 0.2) is 53.5 Å². The van der Waals surface area contributed by atoms with E-state index >= 15 is 0 Å². The summed E-state index contributed by atoms with van der Waals surface area (Å²) in [5.41, 5.74) is 6.45. The number of amides is 1. The fourth-order valence-electron chi connectivity index (χ4n) is 3.44. The number of pyridine rings is 1. The van der Waals surface area contributed by atoms with Crippen molar-refractivity contribution < 1.29 is 28.6 Å². The number of primary amides is 1. The molecule has 1 amide bonds. The van der Waals surface area contributed by atoms with Gasteiger partial charge in [0.2, 0.25) is 5.91 Å². The minimum absolute atomic E-state index is 0.105. The van der Waals surface area contributed by atoms with Gasteiger partial charge in [0.1, 0.15) is 12.2 Å². The Morgan fingerprint density at radius 2 is 2.10 bits per heavy atom. The van der Waals surface area contributed by atoms with Crippen LogP contribution >= 0.6 is 0 Å². The highest BCUT2D eigenvalue weighted by atomic mass is 19.1. The molecule has 0 spiro atoms. The van der Waals surface area contributed by atoms with Gasteiger partial charge in [-0.05, 0) is 29.8 Å². The Balaban J connectivity index is 1.94. The summed E-state index contributed by atoms with van der Waals surface area (Å²) in [6.07, 6.45) is 3.43. The number of nitrogens with zero attached hydrogens (tertiary/aromatic N) is 2. The molecule has 2 unspecified atom stereocenters. The third-order valence-electron chi connectivity index (χ3n) is 4.66. The second kappa shape index (κ2) is 6.82. The molecule has 2 atom stereocenters. The van der Waals surface area contributed by atoms with Gasteiger partial charge in [-0.1, -0.05) is 6.07 Å². The number of aromatic carboxylic acids is 1. The summed E-state index contributed by atoms with van der Waals surface area (Å²) in [7, 11) is 0. The number of phenols is 1. The fraction of sp³-hybridized carbons (Fsp3) is 0.105. The Morgan fingerprint density at radius 3 is 2.72 bits per heavy atom. The van der Waals surface area contributed by atoms with Crippen molar-refractivity contribution in [1.29, 1.82) is 0 Å². The molecule has 0 fully saturated rings. The number of carboxylic acid groups (broad SMARTS) is 1. The van der Waals surface area contributed by atoms with Gasteiger partial charge in [-0.15, -0.1) is 0 Å². The molecule has 3 aromatic rings. The minimum atomic E-state index is -1.24. The fourth-order valence-corrected chi connectivity index (χ4v) is 3.44. The lowest BCUT2D eigenvalue weighted by Crippen LogP contribution is -2.40. The number of aromatic hydroxyl groups is 1. The Morgan fingerprint density at radius 1 is 1.31 bits per heavy atom. The van der Waals surface area contributed by atoms with E-state index in [1.807, 2.05) is 0 Å². The van der Waals surface area contributed by atoms with Gasteiger partial charge in [0, 0.05) is 11.8 Å². The van der Waals surface area contributed by atoms with Crippen LogP contribution in [0.3, 0.4) is 0 Å². The van der Waals surface area contributed by atoms with Crippen LogP contribution < -0.4 is 16.0 Å².